The first-order chi connectivity index (χ1) is 5.57. The second-order valence-corrected chi connectivity index (χ2v) is 3.45. The van der Waals surface area contributed by atoms with Gasteiger partial charge in [0.25, 0.3) is 0 Å². The van der Waals surface area contributed by atoms with E-state index in [-0.39, 0.29) is 11.7 Å². The first-order valence-electron chi connectivity index (χ1n) is 4.39. The van der Waals surface area contributed by atoms with Crippen LogP contribution in [0.15, 0.2) is 12.7 Å². The van der Waals surface area contributed by atoms with Gasteiger partial charge in [-0.15, -0.1) is 0 Å². The van der Waals surface area contributed by atoms with Crippen molar-refractivity contribution in [1.82, 2.24) is 4.90 Å². The van der Waals surface area contributed by atoms with Crippen LogP contribution in [0.25, 0.3) is 0 Å². The van der Waals surface area contributed by atoms with Crippen LogP contribution in [-0.4, -0.2) is 31.3 Å². The zero-order valence-electron chi connectivity index (χ0n) is 8.34. The van der Waals surface area contributed by atoms with Crippen molar-refractivity contribution in [3.63, 3.8) is 0 Å². The lowest BCUT2D eigenvalue weighted by Gasteiger charge is -2.11. The average Bonchev–Trinajstić information content (AvgIpc) is 2.02. The van der Waals surface area contributed by atoms with Gasteiger partial charge in [0.1, 0.15) is 0 Å². The molecule has 0 bridgehead atoms. The summed E-state index contributed by atoms with van der Waals surface area (Å²) >= 11 is 0. The molecule has 0 aliphatic heterocycles. The molecule has 70 valence electrons. The van der Waals surface area contributed by atoms with Crippen molar-refractivity contribution in [3.8, 4) is 0 Å². The normalized spacial score (nSPS) is 13.0. The topological polar surface area (TPSA) is 20.3 Å². The molecular weight excluding hydrogens is 150 g/mol. The summed E-state index contributed by atoms with van der Waals surface area (Å²) in [5, 5.41) is 0. The molecule has 0 rings (SSSR count). The van der Waals surface area contributed by atoms with Gasteiger partial charge in [0.05, 0.1) is 0 Å². The molecule has 0 saturated carbocycles. The first kappa shape index (κ1) is 11.4. The van der Waals surface area contributed by atoms with Gasteiger partial charge in [-0.2, -0.15) is 0 Å². The summed E-state index contributed by atoms with van der Waals surface area (Å²) in [6.45, 7) is 6.47. The molecule has 1 unspecified atom stereocenters. The molecule has 0 saturated heterocycles. The van der Waals surface area contributed by atoms with Crippen LogP contribution in [0.4, 0.5) is 0 Å². The van der Waals surface area contributed by atoms with Crippen LogP contribution in [0.3, 0.4) is 0 Å². The largest absolute Gasteiger partial charge is 0.309 e. The number of ketones is 1. The molecule has 0 aliphatic carbocycles. The number of carbonyl (C=O) groups is 1. The van der Waals surface area contributed by atoms with E-state index in [1.165, 1.54) is 6.08 Å². The van der Waals surface area contributed by atoms with Crippen LogP contribution in [-0.2, 0) is 4.79 Å². The molecule has 2 nitrogen and oxygen atoms in total. The van der Waals surface area contributed by atoms with E-state index in [4.69, 9.17) is 0 Å². The highest BCUT2D eigenvalue weighted by molar-refractivity contribution is 5.90. The molecule has 2 heteroatoms. The SMILES string of the molecule is C=CC(=O)C(C)CCCN(C)C. The fraction of sp³-hybridized carbons (Fsp3) is 0.700. The molecule has 0 aromatic rings. The van der Waals surface area contributed by atoms with Crippen LogP contribution in [0.2, 0.25) is 0 Å². The average molecular weight is 169 g/mol. The van der Waals surface area contributed by atoms with Gasteiger partial charge in [-0.25, -0.2) is 0 Å². The fourth-order valence-electron chi connectivity index (χ4n) is 1.06. The van der Waals surface area contributed by atoms with E-state index in [9.17, 15) is 4.79 Å². The summed E-state index contributed by atoms with van der Waals surface area (Å²) in [7, 11) is 4.08. The van der Waals surface area contributed by atoms with Gasteiger partial charge in [0.2, 0.25) is 0 Å². The van der Waals surface area contributed by atoms with Crippen molar-refractivity contribution >= 4 is 5.78 Å². The number of hydrogen-bond acceptors (Lipinski definition) is 2. The number of allylic oxidation sites excluding steroid dienone is 1. The molecular formula is C10H19NO. The Morgan fingerprint density at radius 1 is 1.58 bits per heavy atom. The highest BCUT2D eigenvalue weighted by Crippen LogP contribution is 2.07. The third-order valence-corrected chi connectivity index (χ3v) is 1.93. The summed E-state index contributed by atoms with van der Waals surface area (Å²) in [5.74, 6) is 0.302. The van der Waals surface area contributed by atoms with Crippen molar-refractivity contribution in [2.24, 2.45) is 5.92 Å². The number of nitrogens with zero attached hydrogens (tertiary/aromatic N) is 1. The van der Waals surface area contributed by atoms with E-state index in [0.29, 0.717) is 0 Å². The third-order valence-electron chi connectivity index (χ3n) is 1.93. The summed E-state index contributed by atoms with van der Waals surface area (Å²) in [6.07, 6.45) is 3.46. The smallest absolute Gasteiger partial charge is 0.157 e. The predicted octanol–water partition coefficient (Wildman–Crippen LogP) is 1.72. The van der Waals surface area contributed by atoms with Crippen molar-refractivity contribution in [2.75, 3.05) is 20.6 Å². The highest BCUT2D eigenvalue weighted by Gasteiger charge is 2.08. The van der Waals surface area contributed by atoms with Gasteiger partial charge < -0.3 is 4.90 Å². The van der Waals surface area contributed by atoms with Crippen molar-refractivity contribution in [1.29, 1.82) is 0 Å². The predicted molar refractivity (Wildman–Crippen MR) is 52.2 cm³/mol. The first-order valence-corrected chi connectivity index (χ1v) is 4.39. The molecule has 0 N–H and O–H groups in total. The minimum Gasteiger partial charge on any atom is -0.309 e. The Morgan fingerprint density at radius 2 is 2.17 bits per heavy atom. The van der Waals surface area contributed by atoms with E-state index < -0.39 is 0 Å². The number of rotatable bonds is 6. The fourth-order valence-corrected chi connectivity index (χ4v) is 1.06. The third kappa shape index (κ3) is 5.08. The molecule has 1 atom stereocenters. The van der Waals surface area contributed by atoms with E-state index in [1.807, 2.05) is 21.0 Å². The van der Waals surface area contributed by atoms with Crippen LogP contribution in [0.5, 0.6) is 0 Å². The van der Waals surface area contributed by atoms with Gasteiger partial charge in [-0.05, 0) is 39.6 Å². The Balaban J connectivity index is 3.50. The second kappa shape index (κ2) is 5.95. The Hall–Kier alpha value is -0.630. The van der Waals surface area contributed by atoms with Crippen LogP contribution in [0, 0.1) is 5.92 Å². The van der Waals surface area contributed by atoms with Crippen LogP contribution < -0.4 is 0 Å². The lowest BCUT2D eigenvalue weighted by molar-refractivity contribution is -0.117. The second-order valence-electron chi connectivity index (χ2n) is 3.45. The molecule has 0 aliphatic rings. The summed E-state index contributed by atoms with van der Waals surface area (Å²) in [6, 6.07) is 0. The monoisotopic (exact) mass is 169 g/mol. The molecule has 0 aromatic heterocycles. The minimum absolute atomic E-state index is 0.141. The van der Waals surface area contributed by atoms with Crippen molar-refractivity contribution in [3.05, 3.63) is 12.7 Å². The maximum absolute atomic E-state index is 11.1. The minimum atomic E-state index is 0.141. The summed E-state index contributed by atoms with van der Waals surface area (Å²) in [5.41, 5.74) is 0. The molecule has 0 fully saturated rings. The van der Waals surface area contributed by atoms with Gasteiger partial charge >= 0.3 is 0 Å². The number of hydrogen-bond donors (Lipinski definition) is 0. The van der Waals surface area contributed by atoms with Crippen LogP contribution in [0.1, 0.15) is 19.8 Å². The lowest BCUT2D eigenvalue weighted by Crippen LogP contribution is -2.15. The van der Waals surface area contributed by atoms with Crippen molar-refractivity contribution in [2.45, 2.75) is 19.8 Å². The quantitative estimate of drug-likeness (QED) is 0.564. The standard InChI is InChI=1S/C10H19NO/c1-5-10(12)9(2)7-6-8-11(3)4/h5,9H,1,6-8H2,2-4H3. The van der Waals surface area contributed by atoms with Gasteiger partial charge in [-0.1, -0.05) is 13.5 Å². The summed E-state index contributed by atoms with van der Waals surface area (Å²) < 4.78 is 0. The molecule has 12 heavy (non-hydrogen) atoms. The molecule has 0 aromatic carbocycles. The maximum atomic E-state index is 11.1. The Labute approximate surface area is 75.3 Å². The van der Waals surface area contributed by atoms with E-state index in [2.05, 4.69) is 11.5 Å². The van der Waals surface area contributed by atoms with Crippen molar-refractivity contribution < 1.29 is 4.79 Å². The molecule has 0 amide bonds. The van der Waals surface area contributed by atoms with E-state index in [0.717, 1.165) is 19.4 Å². The van der Waals surface area contributed by atoms with Crippen LogP contribution >= 0.6 is 0 Å². The Bertz CT molecular complexity index is 152. The van der Waals surface area contributed by atoms with E-state index >= 15 is 0 Å². The van der Waals surface area contributed by atoms with Gasteiger partial charge in [0, 0.05) is 5.92 Å². The zero-order valence-corrected chi connectivity index (χ0v) is 8.34. The number of carbonyl (C=O) groups excluding carboxylic acids is 1. The molecule has 0 heterocycles. The lowest BCUT2D eigenvalue weighted by atomic mass is 10.0. The molecule has 0 spiro atoms. The summed E-state index contributed by atoms with van der Waals surface area (Å²) in [4.78, 5) is 13.2. The Morgan fingerprint density at radius 3 is 2.58 bits per heavy atom. The van der Waals surface area contributed by atoms with E-state index in [1.54, 1.807) is 0 Å². The van der Waals surface area contributed by atoms with Gasteiger partial charge in [0.15, 0.2) is 5.78 Å². The van der Waals surface area contributed by atoms with Gasteiger partial charge in [-0.3, -0.25) is 4.79 Å². The Kier molecular flexibility index (Phi) is 5.64. The zero-order chi connectivity index (χ0) is 9.56. The molecule has 0 radical (unpaired) electrons. The highest BCUT2D eigenvalue weighted by atomic mass is 16.1. The maximum Gasteiger partial charge on any atom is 0.157 e.